The number of carbonyl (C=O) groups is 2. The molecule has 5 nitrogen and oxygen atoms in total. The zero-order valence-electron chi connectivity index (χ0n) is 15.1. The first-order valence-corrected chi connectivity index (χ1v) is 8.69. The van der Waals surface area contributed by atoms with E-state index in [1.807, 2.05) is 0 Å². The SMILES string of the molecule is CNC(=O)[C@H]1CC(=O)N(c2ccc(OCc3cccc(C(F)(F)F)c3)cc2)C1. The summed E-state index contributed by atoms with van der Waals surface area (Å²) in [4.78, 5) is 25.4. The molecular formula is C20H19F3N2O3. The van der Waals surface area contributed by atoms with E-state index in [-0.39, 0.29) is 30.8 Å². The average Bonchev–Trinajstić information content (AvgIpc) is 3.07. The Kier molecular flexibility index (Phi) is 5.58. The van der Waals surface area contributed by atoms with E-state index in [0.29, 0.717) is 23.5 Å². The Balaban J connectivity index is 1.62. The number of nitrogens with zero attached hydrogens (tertiary/aromatic N) is 1. The van der Waals surface area contributed by atoms with Gasteiger partial charge in [-0.2, -0.15) is 13.2 Å². The van der Waals surface area contributed by atoms with Crippen molar-refractivity contribution in [2.75, 3.05) is 18.5 Å². The Labute approximate surface area is 160 Å². The van der Waals surface area contributed by atoms with Crippen LogP contribution in [-0.2, 0) is 22.4 Å². The van der Waals surface area contributed by atoms with E-state index >= 15 is 0 Å². The monoisotopic (exact) mass is 392 g/mol. The topological polar surface area (TPSA) is 58.6 Å². The fourth-order valence-electron chi connectivity index (χ4n) is 3.06. The van der Waals surface area contributed by atoms with Crippen LogP contribution in [0.3, 0.4) is 0 Å². The molecule has 0 aliphatic carbocycles. The fraction of sp³-hybridized carbons (Fsp3) is 0.300. The summed E-state index contributed by atoms with van der Waals surface area (Å²) in [6.45, 7) is 0.299. The number of hydrogen-bond donors (Lipinski definition) is 1. The highest BCUT2D eigenvalue weighted by atomic mass is 19.4. The molecule has 0 radical (unpaired) electrons. The van der Waals surface area contributed by atoms with Gasteiger partial charge in [0.1, 0.15) is 12.4 Å². The van der Waals surface area contributed by atoms with Crippen LogP contribution >= 0.6 is 0 Å². The highest BCUT2D eigenvalue weighted by Gasteiger charge is 2.34. The highest BCUT2D eigenvalue weighted by molar-refractivity contribution is 6.00. The summed E-state index contributed by atoms with van der Waals surface area (Å²) in [5.74, 6) is -0.215. The molecule has 2 aromatic rings. The van der Waals surface area contributed by atoms with Crippen molar-refractivity contribution in [3.63, 3.8) is 0 Å². The Morgan fingerprint density at radius 1 is 1.21 bits per heavy atom. The Hall–Kier alpha value is -3.03. The number of nitrogens with one attached hydrogen (secondary N) is 1. The largest absolute Gasteiger partial charge is 0.489 e. The summed E-state index contributed by atoms with van der Waals surface area (Å²) >= 11 is 0. The van der Waals surface area contributed by atoms with Gasteiger partial charge >= 0.3 is 6.18 Å². The van der Waals surface area contributed by atoms with Crippen molar-refractivity contribution in [1.82, 2.24) is 5.32 Å². The van der Waals surface area contributed by atoms with Crippen LogP contribution in [0.5, 0.6) is 5.75 Å². The van der Waals surface area contributed by atoms with Gasteiger partial charge < -0.3 is 15.0 Å². The number of amides is 2. The first-order chi connectivity index (χ1) is 13.3. The van der Waals surface area contributed by atoms with E-state index in [1.54, 1.807) is 30.3 Å². The van der Waals surface area contributed by atoms with Crippen LogP contribution in [0.1, 0.15) is 17.5 Å². The van der Waals surface area contributed by atoms with Crippen molar-refractivity contribution in [3.8, 4) is 5.75 Å². The molecule has 0 saturated carbocycles. The minimum atomic E-state index is -4.40. The Morgan fingerprint density at radius 3 is 2.57 bits per heavy atom. The van der Waals surface area contributed by atoms with Crippen LogP contribution in [0.4, 0.5) is 18.9 Å². The molecule has 0 spiro atoms. The molecule has 0 unspecified atom stereocenters. The number of hydrogen-bond acceptors (Lipinski definition) is 3. The third kappa shape index (κ3) is 4.44. The Morgan fingerprint density at radius 2 is 1.93 bits per heavy atom. The van der Waals surface area contributed by atoms with E-state index in [1.165, 1.54) is 18.0 Å². The maximum Gasteiger partial charge on any atom is 0.416 e. The zero-order valence-corrected chi connectivity index (χ0v) is 15.1. The van der Waals surface area contributed by atoms with Crippen LogP contribution in [-0.4, -0.2) is 25.4 Å². The number of carbonyl (C=O) groups excluding carboxylic acids is 2. The van der Waals surface area contributed by atoms with Crippen molar-refractivity contribution < 1.29 is 27.5 Å². The average molecular weight is 392 g/mol. The molecule has 3 rings (SSSR count). The lowest BCUT2D eigenvalue weighted by Crippen LogP contribution is -2.30. The second-order valence-corrected chi connectivity index (χ2v) is 6.50. The Bertz CT molecular complexity index is 866. The first kappa shape index (κ1) is 19.7. The molecule has 1 fully saturated rings. The maximum absolute atomic E-state index is 12.8. The molecular weight excluding hydrogens is 373 g/mol. The van der Waals surface area contributed by atoms with Gasteiger partial charge in [0.05, 0.1) is 11.5 Å². The standard InChI is InChI=1S/C20H19F3N2O3/c1-24-19(27)14-10-18(26)25(11-14)16-5-7-17(8-6-16)28-12-13-3-2-4-15(9-13)20(21,22)23/h2-9,14H,10-12H2,1H3,(H,24,27)/t14-/m0/s1. The lowest BCUT2D eigenvalue weighted by Gasteiger charge is -2.17. The third-order valence-electron chi connectivity index (χ3n) is 4.55. The highest BCUT2D eigenvalue weighted by Crippen LogP contribution is 2.30. The molecule has 148 valence electrons. The fourth-order valence-corrected chi connectivity index (χ4v) is 3.06. The first-order valence-electron chi connectivity index (χ1n) is 8.69. The van der Waals surface area contributed by atoms with Crippen molar-refractivity contribution >= 4 is 17.5 Å². The zero-order chi connectivity index (χ0) is 20.3. The number of benzene rings is 2. The lowest BCUT2D eigenvalue weighted by atomic mass is 10.1. The molecule has 1 saturated heterocycles. The van der Waals surface area contributed by atoms with Gasteiger partial charge in [0, 0.05) is 25.7 Å². The van der Waals surface area contributed by atoms with E-state index in [0.717, 1.165) is 12.1 Å². The molecule has 0 aromatic heterocycles. The van der Waals surface area contributed by atoms with Crippen LogP contribution in [0, 0.1) is 5.92 Å². The van der Waals surface area contributed by atoms with E-state index in [2.05, 4.69) is 5.32 Å². The van der Waals surface area contributed by atoms with Gasteiger partial charge in [0.25, 0.3) is 0 Å². The van der Waals surface area contributed by atoms with E-state index in [9.17, 15) is 22.8 Å². The summed E-state index contributed by atoms with van der Waals surface area (Å²) in [6.07, 6.45) is -4.24. The number of alkyl halides is 3. The van der Waals surface area contributed by atoms with Gasteiger partial charge in [0.2, 0.25) is 11.8 Å². The quantitative estimate of drug-likeness (QED) is 0.849. The van der Waals surface area contributed by atoms with Crippen LogP contribution in [0.25, 0.3) is 0 Å². The molecule has 0 bridgehead atoms. The summed E-state index contributed by atoms with van der Waals surface area (Å²) in [6, 6.07) is 11.6. The smallest absolute Gasteiger partial charge is 0.416 e. The molecule has 28 heavy (non-hydrogen) atoms. The van der Waals surface area contributed by atoms with Crippen LogP contribution in [0.2, 0.25) is 0 Å². The molecule has 1 atom stereocenters. The van der Waals surface area contributed by atoms with Gasteiger partial charge in [-0.05, 0) is 42.0 Å². The summed E-state index contributed by atoms with van der Waals surface area (Å²) in [5, 5.41) is 2.55. The molecule has 1 N–H and O–H groups in total. The van der Waals surface area contributed by atoms with Gasteiger partial charge in [0.15, 0.2) is 0 Å². The minimum absolute atomic E-state index is 0.00927. The minimum Gasteiger partial charge on any atom is -0.489 e. The normalized spacial score (nSPS) is 16.9. The number of anilines is 1. The number of halogens is 3. The second-order valence-electron chi connectivity index (χ2n) is 6.50. The molecule has 1 aliphatic rings. The van der Waals surface area contributed by atoms with Crippen molar-refractivity contribution in [3.05, 3.63) is 59.7 Å². The van der Waals surface area contributed by atoms with Crippen LogP contribution in [0.15, 0.2) is 48.5 Å². The summed E-state index contributed by atoms with van der Waals surface area (Å²) in [7, 11) is 1.53. The molecule has 1 aliphatic heterocycles. The van der Waals surface area contributed by atoms with Crippen LogP contribution < -0.4 is 15.0 Å². The van der Waals surface area contributed by atoms with E-state index in [4.69, 9.17) is 4.74 Å². The van der Waals surface area contributed by atoms with Gasteiger partial charge in [-0.3, -0.25) is 9.59 Å². The molecule has 8 heteroatoms. The number of ether oxygens (including phenoxy) is 1. The van der Waals surface area contributed by atoms with Gasteiger partial charge in [-0.15, -0.1) is 0 Å². The predicted molar refractivity (Wildman–Crippen MR) is 96.7 cm³/mol. The van der Waals surface area contributed by atoms with Gasteiger partial charge in [-0.25, -0.2) is 0 Å². The van der Waals surface area contributed by atoms with Crippen molar-refractivity contribution in [1.29, 1.82) is 0 Å². The predicted octanol–water partition coefficient (Wildman–Crippen LogP) is 3.38. The third-order valence-corrected chi connectivity index (χ3v) is 4.55. The molecule has 1 heterocycles. The van der Waals surface area contributed by atoms with Crippen molar-refractivity contribution in [2.24, 2.45) is 5.92 Å². The summed E-state index contributed by atoms with van der Waals surface area (Å²) < 4.78 is 43.8. The molecule has 2 aromatic carbocycles. The molecule has 2 amide bonds. The second kappa shape index (κ2) is 7.92. The lowest BCUT2D eigenvalue weighted by molar-refractivity contribution is -0.137. The summed E-state index contributed by atoms with van der Waals surface area (Å²) in [5.41, 5.74) is 0.326. The van der Waals surface area contributed by atoms with E-state index < -0.39 is 11.7 Å². The maximum atomic E-state index is 12.8. The number of rotatable bonds is 5. The van der Waals surface area contributed by atoms with Crippen molar-refractivity contribution in [2.45, 2.75) is 19.2 Å². The van der Waals surface area contributed by atoms with Gasteiger partial charge in [-0.1, -0.05) is 12.1 Å².